The van der Waals surface area contributed by atoms with Crippen LogP contribution in [0.25, 0.3) is 0 Å². The average molecular weight is 322 g/mol. The molecule has 1 aromatic heterocycles. The van der Waals surface area contributed by atoms with Crippen LogP contribution in [0.4, 0.5) is 4.39 Å². The normalized spacial score (nSPS) is 19.3. The minimum atomic E-state index is -0.768. The van der Waals surface area contributed by atoms with Crippen molar-refractivity contribution in [2.45, 2.75) is 38.9 Å². The molecule has 2 heterocycles. The standard InChI is InChI=1S/C16H24BFN2O3/c1-15(2)16(3,4)23-17(22-15)12-8-9-13(19-14(12)18)21-11-7-10-20(5)6/h7-10H,11H2,1-6H3/b10-7-. The Balaban J connectivity index is 2.06. The molecular formula is C16H24BFN2O3. The predicted molar refractivity (Wildman–Crippen MR) is 88.2 cm³/mol. The van der Waals surface area contributed by atoms with Gasteiger partial charge < -0.3 is 18.9 Å². The number of nitrogens with zero attached hydrogens (tertiary/aromatic N) is 2. The summed E-state index contributed by atoms with van der Waals surface area (Å²) in [5.74, 6) is -0.413. The minimum Gasteiger partial charge on any atom is -0.473 e. The molecule has 1 saturated heterocycles. The van der Waals surface area contributed by atoms with Gasteiger partial charge in [0.15, 0.2) is 0 Å². The van der Waals surface area contributed by atoms with Crippen LogP contribution in [0.3, 0.4) is 0 Å². The summed E-state index contributed by atoms with van der Waals surface area (Å²) in [6.45, 7) is 8.01. The predicted octanol–water partition coefficient (Wildman–Crippen LogP) is 1.97. The van der Waals surface area contributed by atoms with E-state index in [0.29, 0.717) is 6.61 Å². The molecule has 5 nitrogen and oxygen atoms in total. The maximum Gasteiger partial charge on any atom is 0.499 e. The van der Waals surface area contributed by atoms with Crippen molar-refractivity contribution in [3.63, 3.8) is 0 Å². The van der Waals surface area contributed by atoms with Crippen molar-refractivity contribution in [3.05, 3.63) is 30.4 Å². The fourth-order valence-electron chi connectivity index (χ4n) is 2.04. The van der Waals surface area contributed by atoms with Gasteiger partial charge in [0, 0.05) is 25.6 Å². The van der Waals surface area contributed by atoms with E-state index in [0.717, 1.165) is 0 Å². The van der Waals surface area contributed by atoms with Gasteiger partial charge >= 0.3 is 7.12 Å². The third kappa shape index (κ3) is 4.03. The molecule has 0 atom stereocenters. The van der Waals surface area contributed by atoms with Crippen molar-refractivity contribution in [1.29, 1.82) is 0 Å². The molecule has 0 N–H and O–H groups in total. The third-order valence-electron chi connectivity index (χ3n) is 4.09. The zero-order valence-electron chi connectivity index (χ0n) is 14.6. The van der Waals surface area contributed by atoms with E-state index >= 15 is 0 Å². The average Bonchev–Trinajstić information content (AvgIpc) is 2.63. The van der Waals surface area contributed by atoms with Crippen molar-refractivity contribution < 1.29 is 18.4 Å². The second-order valence-corrected chi connectivity index (χ2v) is 6.78. The SMILES string of the molecule is CN(C)/C=C\COc1ccc(B2OC(C)(C)C(C)(C)O2)c(F)n1. The summed E-state index contributed by atoms with van der Waals surface area (Å²) in [6.07, 6.45) is 3.68. The third-order valence-corrected chi connectivity index (χ3v) is 4.09. The molecule has 23 heavy (non-hydrogen) atoms. The van der Waals surface area contributed by atoms with E-state index in [-0.39, 0.29) is 11.3 Å². The Kier molecular flexibility index (Phi) is 5.01. The highest BCUT2D eigenvalue weighted by atomic mass is 19.1. The molecular weight excluding hydrogens is 298 g/mol. The summed E-state index contributed by atoms with van der Waals surface area (Å²) in [7, 11) is 3.05. The molecule has 2 rings (SSSR count). The quantitative estimate of drug-likeness (QED) is 0.613. The molecule has 1 aliphatic heterocycles. The van der Waals surface area contributed by atoms with Crippen molar-refractivity contribution in [1.82, 2.24) is 9.88 Å². The largest absolute Gasteiger partial charge is 0.499 e. The molecule has 0 saturated carbocycles. The highest BCUT2D eigenvalue weighted by Gasteiger charge is 2.52. The Morgan fingerprint density at radius 1 is 1.22 bits per heavy atom. The number of hydrogen-bond donors (Lipinski definition) is 0. The van der Waals surface area contributed by atoms with Gasteiger partial charge in [-0.1, -0.05) is 6.07 Å². The minimum absolute atomic E-state index is 0.228. The van der Waals surface area contributed by atoms with Crippen LogP contribution in [0.2, 0.25) is 0 Å². The van der Waals surface area contributed by atoms with Gasteiger partial charge in [-0.05, 0) is 40.0 Å². The summed E-state index contributed by atoms with van der Waals surface area (Å²) in [5.41, 5.74) is -0.758. The van der Waals surface area contributed by atoms with Crippen LogP contribution >= 0.6 is 0 Å². The maximum atomic E-state index is 14.3. The van der Waals surface area contributed by atoms with E-state index in [2.05, 4.69) is 4.98 Å². The lowest BCUT2D eigenvalue weighted by atomic mass is 9.80. The summed E-state index contributed by atoms with van der Waals surface area (Å²) in [6, 6.07) is 3.21. The van der Waals surface area contributed by atoms with E-state index in [1.807, 2.05) is 59.0 Å². The number of hydrogen-bond acceptors (Lipinski definition) is 5. The van der Waals surface area contributed by atoms with Crippen molar-refractivity contribution in [3.8, 4) is 5.88 Å². The Morgan fingerprint density at radius 3 is 2.35 bits per heavy atom. The molecule has 0 radical (unpaired) electrons. The van der Waals surface area contributed by atoms with E-state index in [9.17, 15) is 4.39 Å². The summed E-state index contributed by atoms with van der Waals surface area (Å²) < 4.78 is 31.3. The molecule has 0 amide bonds. The molecule has 1 aromatic rings. The fraction of sp³-hybridized carbons (Fsp3) is 0.562. The van der Waals surface area contributed by atoms with Crippen LogP contribution in [-0.4, -0.2) is 48.9 Å². The zero-order valence-corrected chi connectivity index (χ0v) is 14.6. The number of rotatable bonds is 5. The topological polar surface area (TPSA) is 43.8 Å². The molecule has 1 fully saturated rings. The van der Waals surface area contributed by atoms with E-state index < -0.39 is 24.3 Å². The molecule has 1 aliphatic rings. The molecule has 0 spiro atoms. The van der Waals surface area contributed by atoms with Crippen LogP contribution in [0.1, 0.15) is 27.7 Å². The second-order valence-electron chi connectivity index (χ2n) is 6.78. The van der Waals surface area contributed by atoms with Gasteiger partial charge in [0.1, 0.15) is 6.61 Å². The van der Waals surface area contributed by atoms with Gasteiger partial charge in [-0.2, -0.15) is 9.37 Å². The first kappa shape index (κ1) is 17.8. The monoisotopic (exact) mass is 322 g/mol. The number of halogens is 1. The molecule has 0 bridgehead atoms. The van der Waals surface area contributed by atoms with E-state index in [1.165, 1.54) is 0 Å². The molecule has 126 valence electrons. The first-order valence-corrected chi connectivity index (χ1v) is 7.60. The Bertz CT molecular complexity index is 575. The first-order chi connectivity index (χ1) is 10.6. The van der Waals surface area contributed by atoms with Crippen molar-refractivity contribution in [2.24, 2.45) is 0 Å². The summed E-state index contributed by atoms with van der Waals surface area (Å²) in [5, 5.41) is 0. The Labute approximate surface area is 137 Å². The van der Waals surface area contributed by atoms with Crippen LogP contribution in [-0.2, 0) is 9.31 Å². The van der Waals surface area contributed by atoms with Crippen LogP contribution in [0.5, 0.6) is 5.88 Å². The molecule has 7 heteroatoms. The van der Waals surface area contributed by atoms with Gasteiger partial charge in [-0.3, -0.25) is 0 Å². The highest BCUT2D eigenvalue weighted by Crippen LogP contribution is 2.36. The number of pyridine rings is 1. The van der Waals surface area contributed by atoms with Crippen molar-refractivity contribution >= 4 is 12.6 Å². The lowest BCUT2D eigenvalue weighted by Gasteiger charge is -2.32. The number of aromatic nitrogens is 1. The maximum absolute atomic E-state index is 14.3. The zero-order chi connectivity index (χ0) is 17.3. The Hall–Kier alpha value is -1.60. The van der Waals surface area contributed by atoms with Gasteiger partial charge in [-0.15, -0.1) is 0 Å². The van der Waals surface area contributed by atoms with E-state index in [1.54, 1.807) is 12.1 Å². The lowest BCUT2D eigenvalue weighted by molar-refractivity contribution is 0.00578. The molecule has 0 aliphatic carbocycles. The fourth-order valence-corrected chi connectivity index (χ4v) is 2.04. The van der Waals surface area contributed by atoms with Crippen LogP contribution in [0, 0.1) is 5.95 Å². The molecule has 0 unspecified atom stereocenters. The first-order valence-electron chi connectivity index (χ1n) is 7.60. The van der Waals surface area contributed by atoms with Crippen LogP contribution in [0.15, 0.2) is 24.4 Å². The summed E-state index contributed by atoms with van der Waals surface area (Å²) >= 11 is 0. The lowest BCUT2D eigenvalue weighted by Crippen LogP contribution is -2.41. The van der Waals surface area contributed by atoms with Crippen LogP contribution < -0.4 is 10.2 Å². The van der Waals surface area contributed by atoms with Gasteiger partial charge in [0.25, 0.3) is 0 Å². The Morgan fingerprint density at radius 2 is 1.83 bits per heavy atom. The highest BCUT2D eigenvalue weighted by molar-refractivity contribution is 6.62. The van der Waals surface area contributed by atoms with Crippen molar-refractivity contribution in [2.75, 3.05) is 20.7 Å². The smallest absolute Gasteiger partial charge is 0.473 e. The van der Waals surface area contributed by atoms with E-state index in [4.69, 9.17) is 14.0 Å². The number of ether oxygens (including phenoxy) is 1. The molecule has 0 aromatic carbocycles. The van der Waals surface area contributed by atoms with Gasteiger partial charge in [0.05, 0.1) is 11.2 Å². The van der Waals surface area contributed by atoms with Gasteiger partial charge in [0.2, 0.25) is 11.8 Å². The van der Waals surface area contributed by atoms with Gasteiger partial charge in [-0.25, -0.2) is 0 Å². The second kappa shape index (κ2) is 6.49. The summed E-state index contributed by atoms with van der Waals surface area (Å²) in [4.78, 5) is 5.72.